The molecule has 2 aliphatic heterocycles. The number of rotatable bonds is 3. The number of benzene rings is 2. The van der Waals surface area contributed by atoms with Crippen LogP contribution in [0.4, 0.5) is 0 Å². The smallest absolute Gasteiger partial charge is 0.277 e. The van der Waals surface area contributed by atoms with Gasteiger partial charge in [-0.1, -0.05) is 54.1 Å². The van der Waals surface area contributed by atoms with Crippen LogP contribution in [0.3, 0.4) is 0 Å². The summed E-state index contributed by atoms with van der Waals surface area (Å²) in [6.07, 6.45) is 0.488. The summed E-state index contributed by atoms with van der Waals surface area (Å²) >= 11 is 6.01. The SMILES string of the molecule is CC(=O)N1CC[C@@H](c2ccc(Cl)cc2)[C@]12C(=N)C(=O)N(Cc1ccccc1)C2=O. The van der Waals surface area contributed by atoms with Gasteiger partial charge in [0.1, 0.15) is 5.71 Å². The van der Waals surface area contributed by atoms with Crippen LogP contribution in [-0.4, -0.2) is 45.3 Å². The van der Waals surface area contributed by atoms with E-state index >= 15 is 0 Å². The van der Waals surface area contributed by atoms with Crippen LogP contribution in [0.1, 0.15) is 30.4 Å². The molecule has 2 heterocycles. The fraction of sp³-hybridized carbons (Fsp3) is 0.273. The Morgan fingerprint density at radius 1 is 1.14 bits per heavy atom. The molecule has 1 spiro atoms. The first-order valence-electron chi connectivity index (χ1n) is 9.40. The normalized spacial score (nSPS) is 24.1. The van der Waals surface area contributed by atoms with E-state index in [0.717, 1.165) is 16.0 Å². The summed E-state index contributed by atoms with van der Waals surface area (Å²) in [5.41, 5.74) is -0.378. The molecular formula is C22H20ClN3O3. The molecule has 2 aromatic rings. The highest BCUT2D eigenvalue weighted by Crippen LogP contribution is 2.47. The van der Waals surface area contributed by atoms with Crippen LogP contribution < -0.4 is 0 Å². The highest BCUT2D eigenvalue weighted by atomic mass is 35.5. The van der Waals surface area contributed by atoms with Crippen molar-refractivity contribution in [2.75, 3.05) is 6.54 Å². The third-order valence-corrected chi connectivity index (χ3v) is 6.07. The molecule has 1 N–H and O–H groups in total. The minimum atomic E-state index is -1.61. The summed E-state index contributed by atoms with van der Waals surface area (Å²) in [4.78, 5) is 41.6. The van der Waals surface area contributed by atoms with Crippen LogP contribution in [0.5, 0.6) is 0 Å². The molecule has 0 aromatic heterocycles. The Balaban J connectivity index is 1.81. The average Bonchev–Trinajstić information content (AvgIpc) is 3.20. The molecule has 2 aromatic carbocycles. The van der Waals surface area contributed by atoms with E-state index in [0.29, 0.717) is 18.0 Å². The minimum Gasteiger partial charge on any atom is -0.322 e. The first-order chi connectivity index (χ1) is 13.9. The first-order valence-corrected chi connectivity index (χ1v) is 9.78. The summed E-state index contributed by atoms with van der Waals surface area (Å²) in [5.74, 6) is -1.96. The standard InChI is InChI=1S/C22H20ClN3O3/c1-14(27)26-12-11-18(16-7-9-17(23)10-8-16)22(26)19(24)20(28)25(21(22)29)13-15-5-3-2-4-6-15/h2-10,18,24H,11-13H2,1H3/t18-,22+/m0/s1. The molecule has 7 heteroatoms. The Labute approximate surface area is 173 Å². The number of imide groups is 1. The monoisotopic (exact) mass is 409 g/mol. The average molecular weight is 410 g/mol. The Kier molecular flexibility index (Phi) is 4.74. The van der Waals surface area contributed by atoms with Gasteiger partial charge in [-0.2, -0.15) is 0 Å². The molecule has 3 amide bonds. The highest BCUT2D eigenvalue weighted by molar-refractivity contribution is 6.53. The van der Waals surface area contributed by atoms with E-state index in [9.17, 15) is 14.4 Å². The second-order valence-electron chi connectivity index (χ2n) is 7.39. The Morgan fingerprint density at radius 2 is 1.79 bits per heavy atom. The number of nitrogens with one attached hydrogen (secondary N) is 1. The molecule has 2 atom stereocenters. The van der Waals surface area contributed by atoms with Crippen LogP contribution in [0.15, 0.2) is 54.6 Å². The zero-order valence-electron chi connectivity index (χ0n) is 15.9. The number of hydrogen-bond donors (Lipinski definition) is 1. The molecule has 2 fully saturated rings. The minimum absolute atomic E-state index is 0.0712. The summed E-state index contributed by atoms with van der Waals surface area (Å²) in [7, 11) is 0. The molecule has 0 aliphatic carbocycles. The lowest BCUT2D eigenvalue weighted by Gasteiger charge is -2.36. The number of carbonyl (C=O) groups excluding carboxylic acids is 3. The van der Waals surface area contributed by atoms with Crippen molar-refractivity contribution < 1.29 is 14.4 Å². The third kappa shape index (κ3) is 2.86. The number of halogens is 1. The summed E-state index contributed by atoms with van der Waals surface area (Å²) in [6, 6.07) is 16.2. The van der Waals surface area contributed by atoms with Gasteiger partial charge < -0.3 is 4.90 Å². The zero-order valence-corrected chi connectivity index (χ0v) is 16.6. The van der Waals surface area contributed by atoms with E-state index in [4.69, 9.17) is 17.0 Å². The van der Waals surface area contributed by atoms with Gasteiger partial charge in [0.2, 0.25) is 5.91 Å². The van der Waals surface area contributed by atoms with Crippen LogP contribution in [0, 0.1) is 5.41 Å². The maximum absolute atomic E-state index is 13.7. The van der Waals surface area contributed by atoms with Gasteiger partial charge in [0.25, 0.3) is 11.8 Å². The van der Waals surface area contributed by atoms with Gasteiger partial charge in [-0.05, 0) is 29.7 Å². The van der Waals surface area contributed by atoms with Crippen molar-refractivity contribution in [1.82, 2.24) is 9.80 Å². The predicted molar refractivity (Wildman–Crippen MR) is 109 cm³/mol. The first kappa shape index (κ1) is 19.3. The van der Waals surface area contributed by atoms with Crippen molar-refractivity contribution in [2.24, 2.45) is 0 Å². The van der Waals surface area contributed by atoms with Crippen molar-refractivity contribution >= 4 is 35.0 Å². The van der Waals surface area contributed by atoms with Gasteiger partial charge >= 0.3 is 0 Å². The van der Waals surface area contributed by atoms with Gasteiger partial charge in [-0.25, -0.2) is 0 Å². The van der Waals surface area contributed by atoms with Gasteiger partial charge in [0, 0.05) is 24.4 Å². The van der Waals surface area contributed by atoms with Crippen molar-refractivity contribution in [3.05, 3.63) is 70.7 Å². The number of carbonyl (C=O) groups is 3. The lowest BCUT2D eigenvalue weighted by molar-refractivity contribution is -0.147. The second-order valence-corrected chi connectivity index (χ2v) is 7.82. The third-order valence-electron chi connectivity index (χ3n) is 5.82. The van der Waals surface area contributed by atoms with E-state index in [1.165, 1.54) is 11.8 Å². The molecule has 2 saturated heterocycles. The Morgan fingerprint density at radius 3 is 2.41 bits per heavy atom. The number of nitrogens with zero attached hydrogens (tertiary/aromatic N) is 2. The second kappa shape index (κ2) is 7.12. The van der Waals surface area contributed by atoms with E-state index in [-0.39, 0.29) is 18.2 Å². The van der Waals surface area contributed by atoms with Gasteiger partial charge in [-0.3, -0.25) is 24.7 Å². The molecule has 4 rings (SSSR count). The van der Waals surface area contributed by atoms with Crippen molar-refractivity contribution in [3.8, 4) is 0 Å². The number of hydrogen-bond acceptors (Lipinski definition) is 4. The quantitative estimate of drug-likeness (QED) is 0.791. The Bertz CT molecular complexity index is 1010. The molecule has 2 aliphatic rings. The van der Waals surface area contributed by atoms with Gasteiger partial charge in [0.15, 0.2) is 5.54 Å². The molecular weight excluding hydrogens is 390 g/mol. The van der Waals surface area contributed by atoms with Crippen molar-refractivity contribution in [1.29, 1.82) is 5.41 Å². The highest BCUT2D eigenvalue weighted by Gasteiger charge is 2.67. The summed E-state index contributed by atoms with van der Waals surface area (Å²) in [6.45, 7) is 1.75. The van der Waals surface area contributed by atoms with E-state index in [2.05, 4.69) is 0 Å². The van der Waals surface area contributed by atoms with Crippen LogP contribution >= 0.6 is 11.6 Å². The van der Waals surface area contributed by atoms with Crippen LogP contribution in [0.2, 0.25) is 5.02 Å². The fourth-order valence-electron chi connectivity index (χ4n) is 4.53. The summed E-state index contributed by atoms with van der Waals surface area (Å²) < 4.78 is 0. The summed E-state index contributed by atoms with van der Waals surface area (Å²) in [5, 5.41) is 9.19. The maximum atomic E-state index is 13.7. The zero-order chi connectivity index (χ0) is 20.8. The molecule has 6 nitrogen and oxygen atoms in total. The van der Waals surface area contributed by atoms with Crippen molar-refractivity contribution in [3.63, 3.8) is 0 Å². The van der Waals surface area contributed by atoms with Crippen LogP contribution in [-0.2, 0) is 20.9 Å². The molecule has 29 heavy (non-hydrogen) atoms. The lowest BCUT2D eigenvalue weighted by Crippen LogP contribution is -2.58. The van der Waals surface area contributed by atoms with Gasteiger partial charge in [0.05, 0.1) is 6.54 Å². The number of likely N-dealkylation sites (tertiary alicyclic amines) is 2. The predicted octanol–water partition coefficient (Wildman–Crippen LogP) is 3.00. The molecule has 0 saturated carbocycles. The van der Waals surface area contributed by atoms with Gasteiger partial charge in [-0.15, -0.1) is 0 Å². The van der Waals surface area contributed by atoms with E-state index in [1.54, 1.807) is 24.3 Å². The topological polar surface area (TPSA) is 81.5 Å². The molecule has 148 valence electrons. The van der Waals surface area contributed by atoms with E-state index < -0.39 is 23.3 Å². The fourth-order valence-corrected chi connectivity index (χ4v) is 4.65. The molecule has 0 radical (unpaired) electrons. The van der Waals surface area contributed by atoms with Crippen LogP contribution in [0.25, 0.3) is 0 Å². The Hall–Kier alpha value is -2.99. The lowest BCUT2D eigenvalue weighted by atomic mass is 9.77. The van der Waals surface area contributed by atoms with Crippen molar-refractivity contribution in [2.45, 2.75) is 31.3 Å². The largest absolute Gasteiger partial charge is 0.322 e. The molecule has 0 unspecified atom stereocenters. The molecule has 0 bridgehead atoms. The maximum Gasteiger partial charge on any atom is 0.277 e. The number of amides is 3. The van der Waals surface area contributed by atoms with E-state index in [1.807, 2.05) is 30.3 Å².